The second-order valence-electron chi connectivity index (χ2n) is 6.66. The molecule has 2 N–H and O–H groups in total. The first kappa shape index (κ1) is 17.1. The molecule has 1 aromatic carbocycles. The van der Waals surface area contributed by atoms with E-state index in [-0.39, 0.29) is 12.1 Å². The Labute approximate surface area is 156 Å². The molecule has 10 heteroatoms. The summed E-state index contributed by atoms with van der Waals surface area (Å²) in [5.74, 6) is 0.783. The number of rotatable bonds is 5. The average Bonchev–Trinajstić information content (AvgIpc) is 3.43. The van der Waals surface area contributed by atoms with E-state index in [9.17, 15) is 4.79 Å². The minimum atomic E-state index is -0.293. The van der Waals surface area contributed by atoms with Gasteiger partial charge in [0.1, 0.15) is 12.7 Å². The average molecular weight is 367 g/mol. The lowest BCUT2D eigenvalue weighted by molar-refractivity contribution is 0.248. The Hall–Kier alpha value is -3.30. The van der Waals surface area contributed by atoms with E-state index in [4.69, 9.17) is 0 Å². The number of hydrogen-bond donors (Lipinski definition) is 2. The zero-order valence-corrected chi connectivity index (χ0v) is 15.0. The smallest absolute Gasteiger partial charge is 0.319 e. The van der Waals surface area contributed by atoms with Crippen molar-refractivity contribution in [2.75, 3.05) is 5.32 Å². The Bertz CT molecular complexity index is 882. The third kappa shape index (κ3) is 3.78. The Morgan fingerprint density at radius 3 is 2.63 bits per heavy atom. The van der Waals surface area contributed by atoms with Gasteiger partial charge in [-0.05, 0) is 54.5 Å². The van der Waals surface area contributed by atoms with Crippen LogP contribution < -0.4 is 10.6 Å². The predicted molar refractivity (Wildman–Crippen MR) is 97.3 cm³/mol. The van der Waals surface area contributed by atoms with Gasteiger partial charge in [-0.15, -0.1) is 15.3 Å². The van der Waals surface area contributed by atoms with E-state index in [1.165, 1.54) is 19.2 Å². The Morgan fingerprint density at radius 1 is 1.15 bits per heavy atom. The normalized spacial score (nSPS) is 15.6. The molecule has 140 valence electrons. The van der Waals surface area contributed by atoms with E-state index < -0.39 is 0 Å². The van der Waals surface area contributed by atoms with Crippen molar-refractivity contribution >= 4 is 11.7 Å². The highest BCUT2D eigenvalue weighted by Crippen LogP contribution is 2.31. The van der Waals surface area contributed by atoms with Crippen molar-refractivity contribution in [3.05, 3.63) is 42.7 Å². The fourth-order valence-corrected chi connectivity index (χ4v) is 3.43. The SMILES string of the molecule is C[C@@H](NC(=O)Nc1ccc(-n2cnnn2)cc1)c1nncn1C1CCCC1. The summed E-state index contributed by atoms with van der Waals surface area (Å²) < 4.78 is 3.64. The number of tetrazole rings is 1. The van der Waals surface area contributed by atoms with Gasteiger partial charge < -0.3 is 15.2 Å². The number of nitrogens with zero attached hydrogens (tertiary/aromatic N) is 7. The molecule has 1 aliphatic carbocycles. The molecule has 27 heavy (non-hydrogen) atoms. The molecule has 0 saturated heterocycles. The van der Waals surface area contributed by atoms with Gasteiger partial charge in [0, 0.05) is 11.7 Å². The topological polar surface area (TPSA) is 115 Å². The first-order valence-electron chi connectivity index (χ1n) is 9.01. The summed E-state index contributed by atoms with van der Waals surface area (Å²) in [5.41, 5.74) is 1.48. The number of hydrogen-bond acceptors (Lipinski definition) is 6. The quantitative estimate of drug-likeness (QED) is 0.714. The standard InChI is InChI=1S/C17H21N9O/c1-12(16-22-18-10-25(16)14-4-2-3-5-14)20-17(27)21-13-6-8-15(9-7-13)26-11-19-23-24-26/h6-12,14H,2-5H2,1H3,(H2,20,21,27)/t12-/m1/s1. The van der Waals surface area contributed by atoms with Crippen molar-refractivity contribution in [1.82, 2.24) is 40.3 Å². The molecule has 0 bridgehead atoms. The van der Waals surface area contributed by atoms with E-state index in [1.807, 2.05) is 19.1 Å². The molecule has 1 atom stereocenters. The second-order valence-corrected chi connectivity index (χ2v) is 6.66. The number of carbonyl (C=O) groups is 1. The molecule has 2 amide bonds. The van der Waals surface area contributed by atoms with Crippen LogP contribution in [0.4, 0.5) is 10.5 Å². The van der Waals surface area contributed by atoms with Crippen LogP contribution in [0, 0.1) is 0 Å². The monoisotopic (exact) mass is 367 g/mol. The molecule has 1 fully saturated rings. The van der Waals surface area contributed by atoms with Gasteiger partial charge in [0.25, 0.3) is 0 Å². The molecule has 2 aromatic heterocycles. The number of urea groups is 1. The van der Waals surface area contributed by atoms with Crippen LogP contribution in [-0.4, -0.2) is 41.0 Å². The van der Waals surface area contributed by atoms with Gasteiger partial charge in [0.15, 0.2) is 5.82 Å². The zero-order valence-electron chi connectivity index (χ0n) is 15.0. The molecule has 0 unspecified atom stereocenters. The summed E-state index contributed by atoms with van der Waals surface area (Å²) in [6.07, 6.45) is 8.00. The van der Waals surface area contributed by atoms with Gasteiger partial charge in [-0.1, -0.05) is 12.8 Å². The number of carbonyl (C=O) groups excluding carboxylic acids is 1. The third-order valence-electron chi connectivity index (χ3n) is 4.79. The molecular formula is C17H21N9O. The first-order valence-corrected chi connectivity index (χ1v) is 9.01. The molecular weight excluding hydrogens is 346 g/mol. The maximum absolute atomic E-state index is 12.3. The number of benzene rings is 1. The largest absolute Gasteiger partial charge is 0.328 e. The van der Waals surface area contributed by atoms with Crippen LogP contribution in [0.3, 0.4) is 0 Å². The van der Waals surface area contributed by atoms with Gasteiger partial charge in [-0.2, -0.15) is 0 Å². The van der Waals surface area contributed by atoms with E-state index in [0.717, 1.165) is 24.4 Å². The molecule has 2 heterocycles. The van der Waals surface area contributed by atoms with Crippen molar-refractivity contribution in [3.8, 4) is 5.69 Å². The van der Waals surface area contributed by atoms with Crippen LogP contribution in [0.1, 0.15) is 50.5 Å². The highest BCUT2D eigenvalue weighted by Gasteiger charge is 2.23. The number of amides is 2. The summed E-state index contributed by atoms with van der Waals surface area (Å²) >= 11 is 0. The summed E-state index contributed by atoms with van der Waals surface area (Å²) in [6, 6.07) is 7.14. The van der Waals surface area contributed by atoms with E-state index in [2.05, 4.69) is 40.9 Å². The van der Waals surface area contributed by atoms with Crippen LogP contribution in [0.2, 0.25) is 0 Å². The number of aromatic nitrogens is 7. The first-order chi connectivity index (χ1) is 13.2. The molecule has 1 saturated carbocycles. The number of anilines is 1. The lowest BCUT2D eigenvalue weighted by Gasteiger charge is -2.19. The molecule has 3 aromatic rings. The third-order valence-corrected chi connectivity index (χ3v) is 4.79. The van der Waals surface area contributed by atoms with Crippen molar-refractivity contribution < 1.29 is 4.79 Å². The van der Waals surface area contributed by atoms with Crippen LogP contribution in [0.15, 0.2) is 36.9 Å². The second kappa shape index (κ2) is 7.52. The summed E-state index contributed by atoms with van der Waals surface area (Å²) in [7, 11) is 0. The van der Waals surface area contributed by atoms with Gasteiger partial charge in [-0.3, -0.25) is 0 Å². The molecule has 4 rings (SSSR count). The summed E-state index contributed by atoms with van der Waals surface area (Å²) in [4.78, 5) is 12.3. The van der Waals surface area contributed by atoms with Crippen LogP contribution in [-0.2, 0) is 0 Å². The van der Waals surface area contributed by atoms with Crippen molar-refractivity contribution in [2.45, 2.75) is 44.7 Å². The highest BCUT2D eigenvalue weighted by molar-refractivity contribution is 5.89. The van der Waals surface area contributed by atoms with Gasteiger partial charge in [-0.25, -0.2) is 9.48 Å². The van der Waals surface area contributed by atoms with E-state index in [1.54, 1.807) is 23.1 Å². The van der Waals surface area contributed by atoms with E-state index in [0.29, 0.717) is 11.7 Å². The predicted octanol–water partition coefficient (Wildman–Crippen LogP) is 2.25. The molecule has 0 aliphatic heterocycles. The Balaban J connectivity index is 1.37. The molecule has 1 aliphatic rings. The fourth-order valence-electron chi connectivity index (χ4n) is 3.43. The van der Waals surface area contributed by atoms with Crippen molar-refractivity contribution in [3.63, 3.8) is 0 Å². The maximum Gasteiger partial charge on any atom is 0.319 e. The number of nitrogens with one attached hydrogen (secondary N) is 2. The Kier molecular flexibility index (Phi) is 4.77. The molecule has 0 spiro atoms. The van der Waals surface area contributed by atoms with Crippen LogP contribution in [0.25, 0.3) is 5.69 Å². The minimum Gasteiger partial charge on any atom is -0.328 e. The lowest BCUT2D eigenvalue weighted by Crippen LogP contribution is -2.32. The zero-order chi connectivity index (χ0) is 18.6. The van der Waals surface area contributed by atoms with Crippen LogP contribution in [0.5, 0.6) is 0 Å². The maximum atomic E-state index is 12.3. The Morgan fingerprint density at radius 2 is 1.93 bits per heavy atom. The van der Waals surface area contributed by atoms with Gasteiger partial charge in [0.05, 0.1) is 11.7 Å². The minimum absolute atomic E-state index is 0.242. The van der Waals surface area contributed by atoms with Gasteiger partial charge >= 0.3 is 6.03 Å². The van der Waals surface area contributed by atoms with Crippen LogP contribution >= 0.6 is 0 Å². The lowest BCUT2D eigenvalue weighted by atomic mass is 10.2. The summed E-state index contributed by atoms with van der Waals surface area (Å²) in [5, 5.41) is 25.0. The summed E-state index contributed by atoms with van der Waals surface area (Å²) in [6.45, 7) is 1.91. The van der Waals surface area contributed by atoms with E-state index >= 15 is 0 Å². The van der Waals surface area contributed by atoms with Crippen molar-refractivity contribution in [2.24, 2.45) is 0 Å². The highest BCUT2D eigenvalue weighted by atomic mass is 16.2. The van der Waals surface area contributed by atoms with Gasteiger partial charge in [0.2, 0.25) is 0 Å². The fraction of sp³-hybridized carbons (Fsp3) is 0.412. The molecule has 10 nitrogen and oxygen atoms in total. The molecule has 0 radical (unpaired) electrons. The van der Waals surface area contributed by atoms with Crippen molar-refractivity contribution in [1.29, 1.82) is 0 Å².